The summed E-state index contributed by atoms with van der Waals surface area (Å²) in [4.78, 5) is 9.31. The third kappa shape index (κ3) is 5.88. The lowest BCUT2D eigenvalue weighted by molar-refractivity contribution is 0.0679. The molecule has 2 heterocycles. The summed E-state index contributed by atoms with van der Waals surface area (Å²) >= 11 is 0. The van der Waals surface area contributed by atoms with Crippen LogP contribution in [0.1, 0.15) is 23.6 Å². The third-order valence-electron chi connectivity index (χ3n) is 6.74. The topological polar surface area (TPSA) is 48.8 Å². The minimum absolute atomic E-state index is 0.234. The van der Waals surface area contributed by atoms with Crippen molar-refractivity contribution in [3.63, 3.8) is 0 Å². The third-order valence-corrected chi connectivity index (χ3v) is 6.74. The van der Waals surface area contributed by atoms with Crippen LogP contribution in [0.3, 0.4) is 0 Å². The summed E-state index contributed by atoms with van der Waals surface area (Å²) in [7, 11) is 0. The molecule has 1 fully saturated rings. The van der Waals surface area contributed by atoms with Crippen LogP contribution in [0.2, 0.25) is 0 Å². The quantitative estimate of drug-likeness (QED) is 0.404. The van der Waals surface area contributed by atoms with E-state index in [9.17, 15) is 5.11 Å². The number of nitrogens with zero attached hydrogens (tertiary/aromatic N) is 3. The summed E-state index contributed by atoms with van der Waals surface area (Å²) in [5, 5.41) is 12.8. The molecule has 1 aliphatic rings. The molecule has 35 heavy (non-hydrogen) atoms. The monoisotopic (exact) mass is 467 g/mol. The average Bonchev–Trinajstić information content (AvgIpc) is 3.14. The van der Waals surface area contributed by atoms with E-state index in [0.717, 1.165) is 43.4 Å². The van der Waals surface area contributed by atoms with Crippen LogP contribution >= 0.6 is 0 Å². The van der Waals surface area contributed by atoms with Crippen molar-refractivity contribution in [1.82, 2.24) is 14.8 Å². The maximum Gasteiger partial charge on any atom is 0.221 e. The first-order valence-electron chi connectivity index (χ1n) is 12.5. The van der Waals surface area contributed by atoms with E-state index in [1.54, 1.807) is 6.20 Å². The highest BCUT2D eigenvalue weighted by Crippen LogP contribution is 2.29. The van der Waals surface area contributed by atoms with Crippen LogP contribution < -0.4 is 4.74 Å². The number of benzene rings is 3. The molecule has 1 unspecified atom stereocenters. The van der Waals surface area contributed by atoms with Gasteiger partial charge >= 0.3 is 0 Å². The summed E-state index contributed by atoms with van der Waals surface area (Å²) in [6, 6.07) is 31.8. The van der Waals surface area contributed by atoms with Gasteiger partial charge in [0.2, 0.25) is 5.88 Å². The van der Waals surface area contributed by atoms with Gasteiger partial charge in [-0.05, 0) is 41.6 Å². The van der Waals surface area contributed by atoms with Gasteiger partial charge in [0.15, 0.2) is 0 Å². The van der Waals surface area contributed by atoms with Gasteiger partial charge in [0.1, 0.15) is 12.7 Å². The summed E-state index contributed by atoms with van der Waals surface area (Å²) < 4.78 is 5.93. The highest BCUT2D eigenvalue weighted by Gasteiger charge is 2.25. The minimum atomic E-state index is -0.568. The molecule has 0 spiro atoms. The van der Waals surface area contributed by atoms with Crippen molar-refractivity contribution in [3.05, 3.63) is 108 Å². The van der Waals surface area contributed by atoms with Gasteiger partial charge in [-0.25, -0.2) is 4.98 Å². The minimum Gasteiger partial charge on any atom is -0.474 e. The van der Waals surface area contributed by atoms with Gasteiger partial charge in [-0.2, -0.15) is 0 Å². The van der Waals surface area contributed by atoms with Crippen molar-refractivity contribution in [2.75, 3.05) is 39.3 Å². The Bertz CT molecular complexity index is 1160. The van der Waals surface area contributed by atoms with Crippen molar-refractivity contribution in [3.8, 4) is 5.88 Å². The Labute approximate surface area is 207 Å². The summed E-state index contributed by atoms with van der Waals surface area (Å²) in [5.41, 5.74) is 2.64. The Kier molecular flexibility index (Phi) is 7.69. The predicted octanol–water partition coefficient (Wildman–Crippen LogP) is 4.77. The van der Waals surface area contributed by atoms with Crippen LogP contribution in [-0.2, 0) is 0 Å². The van der Waals surface area contributed by atoms with Crippen molar-refractivity contribution in [1.29, 1.82) is 0 Å². The Balaban J connectivity index is 1.20. The zero-order valence-corrected chi connectivity index (χ0v) is 20.0. The molecule has 0 bridgehead atoms. The van der Waals surface area contributed by atoms with E-state index in [-0.39, 0.29) is 12.6 Å². The summed E-state index contributed by atoms with van der Waals surface area (Å²) in [5.74, 6) is 0.581. The average molecular weight is 468 g/mol. The van der Waals surface area contributed by atoms with Crippen LogP contribution in [0.15, 0.2) is 97.2 Å². The number of aliphatic hydroxyl groups excluding tert-OH is 1. The molecule has 0 saturated carbocycles. The van der Waals surface area contributed by atoms with E-state index in [2.05, 4.69) is 75.4 Å². The van der Waals surface area contributed by atoms with Gasteiger partial charge < -0.3 is 9.84 Å². The molecule has 5 nitrogen and oxygen atoms in total. The smallest absolute Gasteiger partial charge is 0.221 e. The van der Waals surface area contributed by atoms with Crippen LogP contribution in [0.4, 0.5) is 0 Å². The van der Waals surface area contributed by atoms with Crippen LogP contribution in [0.25, 0.3) is 10.8 Å². The van der Waals surface area contributed by atoms with Gasteiger partial charge in [-0.15, -0.1) is 0 Å². The Morgan fingerprint density at radius 2 is 1.46 bits per heavy atom. The van der Waals surface area contributed by atoms with Crippen molar-refractivity contribution >= 4 is 10.8 Å². The maximum atomic E-state index is 10.7. The number of pyridine rings is 1. The van der Waals surface area contributed by atoms with Crippen molar-refractivity contribution < 1.29 is 9.84 Å². The van der Waals surface area contributed by atoms with E-state index in [0.29, 0.717) is 12.4 Å². The molecule has 1 N–H and O–H groups in total. The molecular weight excluding hydrogens is 434 g/mol. The lowest BCUT2D eigenvalue weighted by Crippen LogP contribution is -2.38. The van der Waals surface area contributed by atoms with Crippen LogP contribution in [0, 0.1) is 0 Å². The molecule has 1 aliphatic heterocycles. The molecule has 0 aliphatic carbocycles. The number of rotatable bonds is 8. The first-order valence-corrected chi connectivity index (χ1v) is 12.5. The SMILES string of the molecule is OC(COc1nccc2ccccc12)CN1CCCN(C(c2ccccc2)c2ccccc2)CC1. The second-order valence-electron chi connectivity index (χ2n) is 9.22. The number of hydrogen-bond donors (Lipinski definition) is 1. The number of hydrogen-bond acceptors (Lipinski definition) is 5. The predicted molar refractivity (Wildman–Crippen MR) is 141 cm³/mol. The molecule has 3 aromatic carbocycles. The van der Waals surface area contributed by atoms with Crippen molar-refractivity contribution in [2.45, 2.75) is 18.6 Å². The molecule has 1 saturated heterocycles. The Hall–Kier alpha value is -3.25. The van der Waals surface area contributed by atoms with E-state index < -0.39 is 6.10 Å². The number of β-amino-alcohol motifs (C(OH)–C–C–N with tert-alkyl or cyclic N) is 1. The lowest BCUT2D eigenvalue weighted by Gasteiger charge is -2.32. The molecule has 180 valence electrons. The molecule has 5 heteroatoms. The fourth-order valence-corrected chi connectivity index (χ4v) is 5.05. The Morgan fingerprint density at radius 1 is 0.771 bits per heavy atom. The van der Waals surface area contributed by atoms with E-state index in [1.165, 1.54) is 11.1 Å². The maximum absolute atomic E-state index is 10.7. The van der Waals surface area contributed by atoms with Gasteiger partial charge in [0.25, 0.3) is 0 Å². The van der Waals surface area contributed by atoms with Gasteiger partial charge in [-0.3, -0.25) is 9.80 Å². The van der Waals surface area contributed by atoms with Crippen LogP contribution in [0.5, 0.6) is 5.88 Å². The van der Waals surface area contributed by atoms with Gasteiger partial charge in [0.05, 0.1) is 6.04 Å². The first-order chi connectivity index (χ1) is 17.3. The lowest BCUT2D eigenvalue weighted by atomic mass is 9.97. The highest BCUT2D eigenvalue weighted by atomic mass is 16.5. The molecular formula is C30H33N3O2. The Morgan fingerprint density at radius 3 is 2.20 bits per heavy atom. The van der Waals surface area contributed by atoms with E-state index in [1.807, 2.05) is 30.3 Å². The zero-order chi connectivity index (χ0) is 23.9. The van der Waals surface area contributed by atoms with E-state index >= 15 is 0 Å². The summed E-state index contributed by atoms with van der Waals surface area (Å²) in [6.07, 6.45) is 2.25. The highest BCUT2D eigenvalue weighted by molar-refractivity contribution is 5.86. The second-order valence-corrected chi connectivity index (χ2v) is 9.22. The van der Waals surface area contributed by atoms with Gasteiger partial charge in [0, 0.05) is 37.8 Å². The number of ether oxygens (including phenoxy) is 1. The van der Waals surface area contributed by atoms with E-state index in [4.69, 9.17) is 4.74 Å². The number of aromatic nitrogens is 1. The first kappa shape index (κ1) is 23.5. The van der Waals surface area contributed by atoms with Crippen molar-refractivity contribution in [2.24, 2.45) is 0 Å². The van der Waals surface area contributed by atoms with Crippen LogP contribution in [-0.4, -0.2) is 65.3 Å². The molecule has 4 aromatic rings. The second kappa shape index (κ2) is 11.5. The fourth-order valence-electron chi connectivity index (χ4n) is 5.05. The molecule has 5 rings (SSSR count). The molecule has 1 atom stereocenters. The standard InChI is InChI=1S/C30H33N3O2/c34-27(23-35-30-28-15-8-7-10-24(28)16-17-31-30)22-32-18-9-19-33(21-20-32)29(25-11-3-1-4-12-25)26-13-5-2-6-14-26/h1-8,10-17,27,29,34H,9,18-23H2. The largest absolute Gasteiger partial charge is 0.474 e. The zero-order valence-electron chi connectivity index (χ0n) is 20.0. The number of fused-ring (bicyclic) bond motifs is 1. The molecule has 1 aromatic heterocycles. The van der Waals surface area contributed by atoms with Gasteiger partial charge in [-0.1, -0.05) is 78.9 Å². The normalized spacial score (nSPS) is 16.3. The molecule has 0 amide bonds. The molecule has 0 radical (unpaired) electrons. The summed E-state index contributed by atoms with van der Waals surface area (Å²) in [6.45, 7) is 4.69. The fraction of sp³-hybridized carbons (Fsp3) is 0.300. The number of aliphatic hydroxyl groups is 1.